The highest BCUT2D eigenvalue weighted by Gasteiger charge is 2.04. The third-order valence-corrected chi connectivity index (χ3v) is 2.97. The van der Waals surface area contributed by atoms with Crippen molar-refractivity contribution in [3.8, 4) is 0 Å². The van der Waals surface area contributed by atoms with Crippen molar-refractivity contribution >= 4 is 40.3 Å². The van der Waals surface area contributed by atoms with Crippen molar-refractivity contribution in [3.63, 3.8) is 0 Å². The molecule has 2 rings (SSSR count). The fourth-order valence-corrected chi connectivity index (χ4v) is 2.04. The number of thiocarbonyl (C=S) groups is 1. The summed E-state index contributed by atoms with van der Waals surface area (Å²) < 4.78 is 12.9. The van der Waals surface area contributed by atoms with Gasteiger partial charge < -0.3 is 10.6 Å². The second kappa shape index (κ2) is 5.99. The molecule has 0 heterocycles. The predicted octanol–water partition coefficient (Wildman–Crippen LogP) is 4.60. The van der Waals surface area contributed by atoms with Crippen LogP contribution in [0.25, 0.3) is 0 Å². The highest BCUT2D eigenvalue weighted by atomic mass is 35.5. The van der Waals surface area contributed by atoms with Gasteiger partial charge in [0.1, 0.15) is 5.82 Å². The van der Waals surface area contributed by atoms with E-state index in [-0.39, 0.29) is 10.8 Å². The molecule has 2 aromatic carbocycles. The van der Waals surface area contributed by atoms with Crippen LogP contribution in [0.3, 0.4) is 0 Å². The molecule has 2 nitrogen and oxygen atoms in total. The van der Waals surface area contributed by atoms with E-state index in [1.54, 1.807) is 6.07 Å². The maximum atomic E-state index is 12.9. The molecule has 0 aliphatic carbocycles. The predicted molar refractivity (Wildman–Crippen MR) is 82.4 cm³/mol. The fraction of sp³-hybridized carbons (Fsp3) is 0.0714. The Hall–Kier alpha value is -1.65. The average molecular weight is 295 g/mol. The first kappa shape index (κ1) is 13.8. The highest BCUT2D eigenvalue weighted by Crippen LogP contribution is 2.22. The van der Waals surface area contributed by atoms with Gasteiger partial charge in [-0.05, 0) is 55.0 Å². The molecule has 0 aliphatic heterocycles. The lowest BCUT2D eigenvalue weighted by molar-refractivity contribution is 0.628. The van der Waals surface area contributed by atoms with Crippen molar-refractivity contribution in [1.82, 2.24) is 0 Å². The van der Waals surface area contributed by atoms with Crippen LogP contribution < -0.4 is 10.6 Å². The van der Waals surface area contributed by atoms with E-state index >= 15 is 0 Å². The number of hydrogen-bond acceptors (Lipinski definition) is 1. The minimum atomic E-state index is -0.381. The van der Waals surface area contributed by atoms with E-state index in [1.165, 1.54) is 12.1 Å². The van der Waals surface area contributed by atoms with Crippen molar-refractivity contribution in [2.75, 3.05) is 10.6 Å². The van der Waals surface area contributed by atoms with Crippen LogP contribution in [0.4, 0.5) is 15.8 Å². The van der Waals surface area contributed by atoms with Gasteiger partial charge in [-0.3, -0.25) is 0 Å². The van der Waals surface area contributed by atoms with Gasteiger partial charge in [-0.1, -0.05) is 23.7 Å². The molecular weight excluding hydrogens is 283 g/mol. The van der Waals surface area contributed by atoms with Crippen LogP contribution >= 0.6 is 23.8 Å². The summed E-state index contributed by atoms with van der Waals surface area (Å²) >= 11 is 11.1. The zero-order valence-corrected chi connectivity index (χ0v) is 11.8. The first-order valence-electron chi connectivity index (χ1n) is 5.64. The van der Waals surface area contributed by atoms with Crippen molar-refractivity contribution < 1.29 is 4.39 Å². The lowest BCUT2D eigenvalue weighted by Crippen LogP contribution is -2.19. The van der Waals surface area contributed by atoms with Crippen LogP contribution in [0.15, 0.2) is 42.5 Å². The normalized spacial score (nSPS) is 10.1. The average Bonchev–Trinajstić information content (AvgIpc) is 2.33. The zero-order chi connectivity index (χ0) is 13.8. The first-order chi connectivity index (χ1) is 9.04. The molecule has 19 heavy (non-hydrogen) atoms. The number of nitrogens with one attached hydrogen (secondary N) is 2. The van der Waals surface area contributed by atoms with E-state index in [0.29, 0.717) is 10.8 Å². The van der Waals surface area contributed by atoms with E-state index in [2.05, 4.69) is 10.6 Å². The van der Waals surface area contributed by atoms with E-state index < -0.39 is 0 Å². The quantitative estimate of drug-likeness (QED) is 0.792. The van der Waals surface area contributed by atoms with Gasteiger partial charge in [0.25, 0.3) is 0 Å². The van der Waals surface area contributed by atoms with Crippen LogP contribution in [0.1, 0.15) is 5.56 Å². The molecule has 2 aromatic rings. The molecule has 0 bridgehead atoms. The molecular formula is C14H12ClFN2S. The SMILES string of the molecule is Cc1cccc(NC(=S)Nc2ccc(F)cc2Cl)c1. The molecule has 0 aliphatic rings. The molecule has 0 saturated heterocycles. The Bertz CT molecular complexity index is 616. The van der Waals surface area contributed by atoms with Crippen molar-refractivity contribution in [3.05, 3.63) is 58.9 Å². The van der Waals surface area contributed by atoms with E-state index in [4.69, 9.17) is 23.8 Å². The maximum absolute atomic E-state index is 12.9. The minimum Gasteiger partial charge on any atom is -0.332 e. The van der Waals surface area contributed by atoms with Crippen molar-refractivity contribution in [2.24, 2.45) is 0 Å². The Morgan fingerprint density at radius 2 is 1.95 bits per heavy atom. The third-order valence-electron chi connectivity index (χ3n) is 2.46. The van der Waals surface area contributed by atoms with Crippen LogP contribution in [0.2, 0.25) is 5.02 Å². The van der Waals surface area contributed by atoms with E-state index in [9.17, 15) is 4.39 Å². The van der Waals surface area contributed by atoms with Crippen LogP contribution in [0, 0.1) is 12.7 Å². The molecule has 5 heteroatoms. The van der Waals surface area contributed by atoms with Gasteiger partial charge >= 0.3 is 0 Å². The Balaban J connectivity index is 2.05. The molecule has 0 aromatic heterocycles. The number of aryl methyl sites for hydroxylation is 1. The standard InChI is InChI=1S/C14H12ClFN2S/c1-9-3-2-4-11(7-9)17-14(19)18-13-6-5-10(16)8-12(13)15/h2-8H,1H3,(H2,17,18,19). The monoisotopic (exact) mass is 294 g/mol. The second-order valence-corrected chi connectivity index (χ2v) is 4.89. The topological polar surface area (TPSA) is 24.1 Å². The summed E-state index contributed by atoms with van der Waals surface area (Å²) in [4.78, 5) is 0. The van der Waals surface area contributed by atoms with Gasteiger partial charge in [-0.15, -0.1) is 0 Å². The minimum absolute atomic E-state index is 0.286. The highest BCUT2D eigenvalue weighted by molar-refractivity contribution is 7.80. The van der Waals surface area contributed by atoms with Crippen LogP contribution in [-0.4, -0.2) is 5.11 Å². The summed E-state index contributed by atoms with van der Waals surface area (Å²) in [7, 11) is 0. The summed E-state index contributed by atoms with van der Waals surface area (Å²) in [6.07, 6.45) is 0. The van der Waals surface area contributed by atoms with Crippen molar-refractivity contribution in [1.29, 1.82) is 0 Å². The summed E-state index contributed by atoms with van der Waals surface area (Å²) in [6, 6.07) is 11.9. The summed E-state index contributed by atoms with van der Waals surface area (Å²) in [5, 5.41) is 6.66. The van der Waals surface area contributed by atoms with Gasteiger partial charge in [-0.25, -0.2) is 4.39 Å². The molecule has 0 saturated carbocycles. The Kier molecular flexibility index (Phi) is 4.35. The lowest BCUT2D eigenvalue weighted by Gasteiger charge is -2.12. The van der Waals surface area contributed by atoms with Gasteiger partial charge in [0.15, 0.2) is 5.11 Å². The number of anilines is 2. The molecule has 0 fully saturated rings. The summed E-state index contributed by atoms with van der Waals surface area (Å²) in [5.74, 6) is -0.381. The molecule has 0 spiro atoms. The molecule has 0 atom stereocenters. The Labute approximate surface area is 121 Å². The molecule has 98 valence electrons. The fourth-order valence-electron chi connectivity index (χ4n) is 1.60. The molecule has 0 unspecified atom stereocenters. The van der Waals surface area contributed by atoms with Crippen molar-refractivity contribution in [2.45, 2.75) is 6.92 Å². The largest absolute Gasteiger partial charge is 0.332 e. The van der Waals surface area contributed by atoms with Crippen LogP contribution in [-0.2, 0) is 0 Å². The molecule has 0 radical (unpaired) electrons. The number of halogens is 2. The smallest absolute Gasteiger partial charge is 0.175 e. The number of rotatable bonds is 2. The maximum Gasteiger partial charge on any atom is 0.175 e. The number of benzene rings is 2. The van der Waals surface area contributed by atoms with Gasteiger partial charge in [0, 0.05) is 5.69 Å². The van der Waals surface area contributed by atoms with E-state index in [0.717, 1.165) is 11.3 Å². The third kappa shape index (κ3) is 3.91. The zero-order valence-electron chi connectivity index (χ0n) is 10.2. The lowest BCUT2D eigenvalue weighted by atomic mass is 10.2. The molecule has 2 N–H and O–H groups in total. The van der Waals surface area contributed by atoms with Crippen LogP contribution in [0.5, 0.6) is 0 Å². The van der Waals surface area contributed by atoms with Gasteiger partial charge in [-0.2, -0.15) is 0 Å². The summed E-state index contributed by atoms with van der Waals surface area (Å²) in [5.41, 5.74) is 2.58. The first-order valence-corrected chi connectivity index (χ1v) is 6.43. The number of hydrogen-bond donors (Lipinski definition) is 2. The summed E-state index contributed by atoms with van der Waals surface area (Å²) in [6.45, 7) is 2.00. The van der Waals surface area contributed by atoms with Gasteiger partial charge in [0.2, 0.25) is 0 Å². The van der Waals surface area contributed by atoms with Gasteiger partial charge in [0.05, 0.1) is 10.7 Å². The van der Waals surface area contributed by atoms with E-state index in [1.807, 2.05) is 31.2 Å². The molecule has 0 amide bonds. The Morgan fingerprint density at radius 3 is 2.63 bits per heavy atom. The second-order valence-electron chi connectivity index (χ2n) is 4.07. The Morgan fingerprint density at radius 1 is 1.16 bits per heavy atom.